The second-order valence-corrected chi connectivity index (χ2v) is 2.92. The van der Waals surface area contributed by atoms with Crippen LogP contribution in [0, 0.1) is 4.77 Å². The van der Waals surface area contributed by atoms with Crippen LogP contribution in [-0.2, 0) is 0 Å². The van der Waals surface area contributed by atoms with Crippen molar-refractivity contribution in [1.82, 2.24) is 15.2 Å². The van der Waals surface area contributed by atoms with Gasteiger partial charge in [-0.05, 0) is 12.2 Å². The molecular weight excluding hydrogens is 205 g/mol. The summed E-state index contributed by atoms with van der Waals surface area (Å²) in [6.45, 7) is 0. The summed E-state index contributed by atoms with van der Waals surface area (Å²) < 4.78 is 0.404. The number of H-pyrrole nitrogens is 1. The van der Waals surface area contributed by atoms with E-state index in [-0.39, 0.29) is 29.6 Å². The summed E-state index contributed by atoms with van der Waals surface area (Å²) in [6.07, 6.45) is 1.66. The molecule has 0 spiro atoms. The Bertz CT molecular complexity index is 455. The van der Waals surface area contributed by atoms with Crippen LogP contribution in [0.25, 0.3) is 11.3 Å². The van der Waals surface area contributed by atoms with E-state index in [1.165, 1.54) is 0 Å². The minimum Gasteiger partial charge on any atom is -0.252 e. The van der Waals surface area contributed by atoms with Gasteiger partial charge in [-0.25, -0.2) is 4.98 Å². The summed E-state index contributed by atoms with van der Waals surface area (Å²) in [4.78, 5) is 4.14. The van der Waals surface area contributed by atoms with Gasteiger partial charge in [-0.15, -0.1) is 0 Å². The Balaban J connectivity index is 0.000000980. The Morgan fingerprint density at radius 3 is 2.50 bits per heavy atom. The molecule has 0 saturated carbocycles. The molecule has 5 heteroatoms. The topological polar surface area (TPSA) is 41.6 Å². The molecule has 3 nitrogen and oxygen atoms in total. The third kappa shape index (κ3) is 2.72. The van der Waals surface area contributed by atoms with Gasteiger partial charge in [0.2, 0.25) is 4.77 Å². The Hall–Kier alpha value is -0.550. The molecule has 0 atom stereocenters. The number of nitrogens with zero attached hydrogens (tertiary/aromatic N) is 2. The average Bonchev–Trinajstić information content (AvgIpc) is 2.19. The predicted molar refractivity (Wildman–Crippen MR) is 52.7 cm³/mol. The molecule has 0 aliphatic rings. The van der Waals surface area contributed by atoms with Crippen molar-refractivity contribution in [3.63, 3.8) is 0 Å². The molecule has 2 rings (SSSR count). The molecule has 0 unspecified atom stereocenters. The Labute approximate surface area is 109 Å². The molecule has 0 saturated heterocycles. The molecule has 0 aliphatic heterocycles. The van der Waals surface area contributed by atoms with Gasteiger partial charge >= 0.3 is 29.6 Å². The van der Waals surface area contributed by atoms with E-state index >= 15 is 0 Å². The summed E-state index contributed by atoms with van der Waals surface area (Å²) in [5, 5.41) is 6.46. The zero-order chi connectivity index (χ0) is 9.10. The van der Waals surface area contributed by atoms with E-state index in [1.54, 1.807) is 6.20 Å². The molecule has 0 radical (unpaired) electrons. The van der Waals surface area contributed by atoms with Crippen LogP contribution >= 0.6 is 12.2 Å². The first kappa shape index (κ1) is 11.5. The molecule has 1 heterocycles. The van der Waals surface area contributed by atoms with Crippen molar-refractivity contribution in [2.24, 2.45) is 0 Å². The molecule has 0 amide bonds. The number of hydrogen-bond acceptors (Lipinski definition) is 3. The first-order valence-electron chi connectivity index (χ1n) is 3.83. The van der Waals surface area contributed by atoms with Gasteiger partial charge < -0.3 is 0 Å². The van der Waals surface area contributed by atoms with Gasteiger partial charge in [0.05, 0.1) is 11.9 Å². The maximum atomic E-state index is 4.87. The molecule has 14 heavy (non-hydrogen) atoms. The van der Waals surface area contributed by atoms with Crippen LogP contribution in [0.15, 0.2) is 36.5 Å². The van der Waals surface area contributed by atoms with E-state index in [1.807, 2.05) is 30.3 Å². The zero-order valence-electron chi connectivity index (χ0n) is 7.77. The van der Waals surface area contributed by atoms with Gasteiger partial charge in [0, 0.05) is 5.56 Å². The van der Waals surface area contributed by atoms with Gasteiger partial charge in [-0.2, -0.15) is 5.10 Å². The first-order valence-corrected chi connectivity index (χ1v) is 4.24. The van der Waals surface area contributed by atoms with E-state index in [2.05, 4.69) is 15.2 Å². The standard InChI is InChI=1S/C9H7N3S.Na/c13-9-11-8(6-10-12-9)7-4-2-1-3-5-7;/h1-6H,(H,11,12,13);/q;+1. The van der Waals surface area contributed by atoms with Crippen LogP contribution < -0.4 is 29.6 Å². The Morgan fingerprint density at radius 2 is 1.86 bits per heavy atom. The number of rotatable bonds is 1. The van der Waals surface area contributed by atoms with Gasteiger partial charge in [-0.1, -0.05) is 30.3 Å². The van der Waals surface area contributed by atoms with Crippen molar-refractivity contribution in [1.29, 1.82) is 0 Å². The number of aromatic nitrogens is 3. The normalized spacial score (nSPS) is 9.14. The largest absolute Gasteiger partial charge is 1.00 e. The van der Waals surface area contributed by atoms with Gasteiger partial charge in [0.25, 0.3) is 0 Å². The Morgan fingerprint density at radius 1 is 1.14 bits per heavy atom. The predicted octanol–water partition coefficient (Wildman–Crippen LogP) is -0.795. The van der Waals surface area contributed by atoms with Gasteiger partial charge in [-0.3, -0.25) is 5.10 Å². The zero-order valence-corrected chi connectivity index (χ0v) is 10.6. The first-order chi connectivity index (χ1) is 6.36. The fourth-order valence-corrected chi connectivity index (χ4v) is 1.21. The minimum atomic E-state index is 0. The SMILES string of the molecule is S=c1nc(-c2ccccc2)cn[nH]1.[Na+]. The molecule has 1 N–H and O–H groups in total. The quantitative estimate of drug-likeness (QED) is 0.497. The van der Waals surface area contributed by atoms with E-state index in [0.29, 0.717) is 4.77 Å². The summed E-state index contributed by atoms with van der Waals surface area (Å²) >= 11 is 4.87. The summed E-state index contributed by atoms with van der Waals surface area (Å²) in [5.41, 5.74) is 1.82. The molecule has 0 aliphatic carbocycles. The molecule has 1 aromatic carbocycles. The second kappa shape index (κ2) is 5.36. The number of aromatic amines is 1. The fourth-order valence-electron chi connectivity index (χ4n) is 1.06. The monoisotopic (exact) mass is 212 g/mol. The van der Waals surface area contributed by atoms with Crippen molar-refractivity contribution in [3.8, 4) is 11.3 Å². The van der Waals surface area contributed by atoms with E-state index in [9.17, 15) is 0 Å². The second-order valence-electron chi connectivity index (χ2n) is 2.54. The smallest absolute Gasteiger partial charge is 0.252 e. The van der Waals surface area contributed by atoms with Crippen LogP contribution in [0.4, 0.5) is 0 Å². The number of hydrogen-bond donors (Lipinski definition) is 1. The van der Waals surface area contributed by atoms with Crippen LogP contribution in [0.3, 0.4) is 0 Å². The van der Waals surface area contributed by atoms with Crippen LogP contribution in [0.2, 0.25) is 0 Å². The molecule has 0 bridgehead atoms. The van der Waals surface area contributed by atoms with E-state index in [4.69, 9.17) is 12.2 Å². The minimum absolute atomic E-state index is 0. The molecular formula is C9H7N3NaS+. The molecule has 64 valence electrons. The number of nitrogens with one attached hydrogen (secondary N) is 1. The van der Waals surface area contributed by atoms with Crippen molar-refractivity contribution in [3.05, 3.63) is 41.3 Å². The number of benzene rings is 1. The Kier molecular flexibility index (Phi) is 4.41. The maximum Gasteiger partial charge on any atom is 1.00 e. The van der Waals surface area contributed by atoms with Crippen LogP contribution in [0.1, 0.15) is 0 Å². The van der Waals surface area contributed by atoms with Crippen molar-refractivity contribution in [2.75, 3.05) is 0 Å². The third-order valence-corrected chi connectivity index (χ3v) is 1.82. The molecule has 0 fully saturated rings. The van der Waals surface area contributed by atoms with Gasteiger partial charge in [0.1, 0.15) is 0 Å². The fraction of sp³-hybridized carbons (Fsp3) is 0. The van der Waals surface area contributed by atoms with Gasteiger partial charge in [0.15, 0.2) is 0 Å². The van der Waals surface area contributed by atoms with Crippen molar-refractivity contribution in [2.45, 2.75) is 0 Å². The van der Waals surface area contributed by atoms with Crippen molar-refractivity contribution < 1.29 is 29.6 Å². The van der Waals surface area contributed by atoms with E-state index < -0.39 is 0 Å². The molecule has 1 aromatic heterocycles. The summed E-state index contributed by atoms with van der Waals surface area (Å²) in [7, 11) is 0. The van der Waals surface area contributed by atoms with Crippen LogP contribution in [0.5, 0.6) is 0 Å². The van der Waals surface area contributed by atoms with E-state index in [0.717, 1.165) is 11.3 Å². The molecule has 2 aromatic rings. The van der Waals surface area contributed by atoms with Crippen molar-refractivity contribution >= 4 is 12.2 Å². The average molecular weight is 212 g/mol. The van der Waals surface area contributed by atoms with Crippen LogP contribution in [-0.4, -0.2) is 15.2 Å². The summed E-state index contributed by atoms with van der Waals surface area (Å²) in [6, 6.07) is 9.81. The maximum absolute atomic E-state index is 4.87. The third-order valence-electron chi connectivity index (χ3n) is 1.64. The summed E-state index contributed by atoms with van der Waals surface area (Å²) in [5.74, 6) is 0.